The predicted octanol–water partition coefficient (Wildman–Crippen LogP) is 3.76. The number of nitrogens with zero attached hydrogens (tertiary/aromatic N) is 2. The first-order valence-electron chi connectivity index (χ1n) is 7.70. The summed E-state index contributed by atoms with van der Waals surface area (Å²) in [6.07, 6.45) is 7.45. The molecule has 3 nitrogen and oxygen atoms in total. The lowest BCUT2D eigenvalue weighted by molar-refractivity contribution is 0.454. The Hall–Kier alpha value is -0.610. The zero-order valence-electron chi connectivity index (χ0n) is 12.5. The van der Waals surface area contributed by atoms with Crippen LogP contribution < -0.4 is 10.2 Å². The van der Waals surface area contributed by atoms with Crippen molar-refractivity contribution >= 4 is 16.5 Å². The molecule has 0 aromatic carbocycles. The molecule has 0 bridgehead atoms. The molecule has 1 unspecified atom stereocenters. The van der Waals surface area contributed by atoms with Crippen LogP contribution in [0.25, 0.3) is 0 Å². The highest BCUT2D eigenvalue weighted by Crippen LogP contribution is 2.36. The van der Waals surface area contributed by atoms with Gasteiger partial charge in [-0.05, 0) is 38.6 Å². The van der Waals surface area contributed by atoms with E-state index < -0.39 is 0 Å². The summed E-state index contributed by atoms with van der Waals surface area (Å²) in [5.74, 6) is 0. The molecule has 1 aliphatic carbocycles. The summed E-state index contributed by atoms with van der Waals surface area (Å²) in [5, 5.41) is 4.86. The van der Waals surface area contributed by atoms with Gasteiger partial charge in [0, 0.05) is 18.5 Å². The van der Waals surface area contributed by atoms with E-state index in [2.05, 4.69) is 31.1 Å². The molecule has 1 heterocycles. The molecule has 1 aliphatic rings. The number of hydrogen-bond acceptors (Lipinski definition) is 4. The maximum atomic E-state index is 4.92. The summed E-state index contributed by atoms with van der Waals surface area (Å²) < 4.78 is 0. The third kappa shape index (κ3) is 3.69. The van der Waals surface area contributed by atoms with Crippen LogP contribution in [0.15, 0.2) is 0 Å². The van der Waals surface area contributed by atoms with E-state index in [1.165, 1.54) is 54.2 Å². The number of fused-ring (bicyclic) bond motifs is 1. The Morgan fingerprint density at radius 2 is 2.21 bits per heavy atom. The SMILES string of the molecule is CCCCN(C)c1nc2c(s1)CCCC2NCCC. The largest absolute Gasteiger partial charge is 0.351 e. The zero-order chi connectivity index (χ0) is 13.7. The molecule has 108 valence electrons. The van der Waals surface area contributed by atoms with Gasteiger partial charge in [0.1, 0.15) is 0 Å². The number of nitrogens with one attached hydrogen (secondary N) is 1. The van der Waals surface area contributed by atoms with E-state index >= 15 is 0 Å². The molecular weight excluding hydrogens is 254 g/mol. The number of hydrogen-bond donors (Lipinski definition) is 1. The Kier molecular flexibility index (Phi) is 5.64. The van der Waals surface area contributed by atoms with Crippen LogP contribution in [-0.2, 0) is 6.42 Å². The third-order valence-corrected chi connectivity index (χ3v) is 5.00. The van der Waals surface area contributed by atoms with Crippen molar-refractivity contribution in [3.05, 3.63) is 10.6 Å². The molecule has 1 aromatic heterocycles. The minimum Gasteiger partial charge on any atom is -0.351 e. The Labute approximate surface area is 121 Å². The molecule has 19 heavy (non-hydrogen) atoms. The van der Waals surface area contributed by atoms with Crippen LogP contribution in [0, 0.1) is 0 Å². The maximum absolute atomic E-state index is 4.92. The topological polar surface area (TPSA) is 28.2 Å². The van der Waals surface area contributed by atoms with Crippen molar-refractivity contribution in [2.75, 3.05) is 25.0 Å². The summed E-state index contributed by atoms with van der Waals surface area (Å²) in [6.45, 7) is 6.69. The molecule has 0 amide bonds. The number of aromatic nitrogens is 1. The number of rotatable bonds is 7. The molecule has 0 fully saturated rings. The summed E-state index contributed by atoms with van der Waals surface area (Å²) in [5.41, 5.74) is 1.34. The number of aryl methyl sites for hydroxylation is 1. The molecule has 1 N–H and O–H groups in total. The highest BCUT2D eigenvalue weighted by atomic mass is 32.1. The Bertz CT molecular complexity index is 389. The van der Waals surface area contributed by atoms with Gasteiger partial charge in [0.2, 0.25) is 0 Å². The van der Waals surface area contributed by atoms with Gasteiger partial charge < -0.3 is 10.2 Å². The van der Waals surface area contributed by atoms with Crippen LogP contribution in [0.4, 0.5) is 5.13 Å². The lowest BCUT2D eigenvalue weighted by Gasteiger charge is -2.22. The minimum absolute atomic E-state index is 0.494. The van der Waals surface area contributed by atoms with Crippen LogP contribution >= 0.6 is 11.3 Å². The van der Waals surface area contributed by atoms with E-state index in [4.69, 9.17) is 4.98 Å². The van der Waals surface area contributed by atoms with Crippen LogP contribution in [-0.4, -0.2) is 25.1 Å². The van der Waals surface area contributed by atoms with E-state index in [0.717, 1.165) is 13.1 Å². The monoisotopic (exact) mass is 281 g/mol. The standard InChI is InChI=1S/C15H27N3S/c1-4-6-11-18(3)15-17-14-12(16-10-5-2)8-7-9-13(14)19-15/h12,16H,4-11H2,1-3H3. The maximum Gasteiger partial charge on any atom is 0.185 e. The molecule has 0 spiro atoms. The number of anilines is 1. The van der Waals surface area contributed by atoms with Crippen molar-refractivity contribution in [2.45, 2.75) is 58.4 Å². The fourth-order valence-electron chi connectivity index (χ4n) is 2.58. The van der Waals surface area contributed by atoms with E-state index in [-0.39, 0.29) is 0 Å². The van der Waals surface area contributed by atoms with Crippen molar-refractivity contribution in [3.8, 4) is 0 Å². The van der Waals surface area contributed by atoms with E-state index in [1.807, 2.05) is 11.3 Å². The number of unbranched alkanes of at least 4 members (excludes halogenated alkanes) is 1. The highest BCUT2D eigenvalue weighted by molar-refractivity contribution is 7.15. The van der Waals surface area contributed by atoms with Crippen LogP contribution in [0.5, 0.6) is 0 Å². The normalized spacial score (nSPS) is 18.4. The minimum atomic E-state index is 0.494. The summed E-state index contributed by atoms with van der Waals surface area (Å²) in [4.78, 5) is 8.75. The molecule has 1 atom stereocenters. The van der Waals surface area contributed by atoms with Gasteiger partial charge in [-0.15, -0.1) is 11.3 Å². The predicted molar refractivity (Wildman–Crippen MR) is 84.3 cm³/mol. The lowest BCUT2D eigenvalue weighted by atomic mass is 9.97. The molecule has 0 radical (unpaired) electrons. The van der Waals surface area contributed by atoms with Gasteiger partial charge in [0.25, 0.3) is 0 Å². The average molecular weight is 281 g/mol. The molecule has 0 saturated heterocycles. The van der Waals surface area contributed by atoms with Crippen molar-refractivity contribution in [1.29, 1.82) is 0 Å². The van der Waals surface area contributed by atoms with Crippen molar-refractivity contribution < 1.29 is 0 Å². The Morgan fingerprint density at radius 1 is 1.37 bits per heavy atom. The van der Waals surface area contributed by atoms with Gasteiger partial charge in [-0.25, -0.2) is 4.98 Å². The Balaban J connectivity index is 2.07. The van der Waals surface area contributed by atoms with Gasteiger partial charge in [-0.3, -0.25) is 0 Å². The van der Waals surface area contributed by atoms with Crippen LogP contribution in [0.1, 0.15) is 62.6 Å². The first kappa shape index (κ1) is 14.8. The summed E-state index contributed by atoms with van der Waals surface area (Å²) in [6, 6.07) is 0.494. The fourth-order valence-corrected chi connectivity index (χ4v) is 3.73. The van der Waals surface area contributed by atoms with Gasteiger partial charge in [0.15, 0.2) is 5.13 Å². The quantitative estimate of drug-likeness (QED) is 0.825. The average Bonchev–Trinajstić information content (AvgIpc) is 2.87. The second-order valence-electron chi connectivity index (χ2n) is 5.48. The zero-order valence-corrected chi connectivity index (χ0v) is 13.4. The van der Waals surface area contributed by atoms with Crippen LogP contribution in [0.3, 0.4) is 0 Å². The molecule has 1 aromatic rings. The number of thiazole rings is 1. The molecule has 2 rings (SSSR count). The van der Waals surface area contributed by atoms with Crippen molar-refractivity contribution in [1.82, 2.24) is 10.3 Å². The Morgan fingerprint density at radius 3 is 2.95 bits per heavy atom. The summed E-state index contributed by atoms with van der Waals surface area (Å²) >= 11 is 1.91. The highest BCUT2D eigenvalue weighted by Gasteiger charge is 2.24. The molecule has 4 heteroatoms. The van der Waals surface area contributed by atoms with Gasteiger partial charge >= 0.3 is 0 Å². The van der Waals surface area contributed by atoms with Crippen LogP contribution in [0.2, 0.25) is 0 Å². The van der Waals surface area contributed by atoms with Crippen molar-refractivity contribution in [2.24, 2.45) is 0 Å². The third-order valence-electron chi connectivity index (χ3n) is 3.76. The second kappa shape index (κ2) is 7.25. The second-order valence-corrected chi connectivity index (χ2v) is 6.54. The lowest BCUT2D eigenvalue weighted by Crippen LogP contribution is -2.26. The molecule has 0 aliphatic heterocycles. The fraction of sp³-hybridized carbons (Fsp3) is 0.800. The molecule has 0 saturated carbocycles. The van der Waals surface area contributed by atoms with E-state index in [1.54, 1.807) is 0 Å². The molecular formula is C15H27N3S. The van der Waals surface area contributed by atoms with E-state index in [9.17, 15) is 0 Å². The van der Waals surface area contributed by atoms with Gasteiger partial charge in [0.05, 0.1) is 11.7 Å². The van der Waals surface area contributed by atoms with E-state index in [0.29, 0.717) is 6.04 Å². The first-order chi connectivity index (χ1) is 9.26. The smallest absolute Gasteiger partial charge is 0.185 e. The van der Waals surface area contributed by atoms with Crippen molar-refractivity contribution in [3.63, 3.8) is 0 Å². The van der Waals surface area contributed by atoms with Gasteiger partial charge in [-0.1, -0.05) is 20.3 Å². The summed E-state index contributed by atoms with van der Waals surface area (Å²) in [7, 11) is 2.18. The first-order valence-corrected chi connectivity index (χ1v) is 8.52. The van der Waals surface area contributed by atoms with Gasteiger partial charge in [-0.2, -0.15) is 0 Å².